The number of nitrogens with zero attached hydrogens (tertiary/aromatic N) is 3. The molecule has 2 N–H and O–H groups in total. The number of hydrogen-bond donors (Lipinski definition) is 1. The minimum absolute atomic E-state index is 0.178. The fraction of sp³-hybridized carbons (Fsp3) is 0.0625. The van der Waals surface area contributed by atoms with E-state index in [1.165, 1.54) is 0 Å². The molecule has 0 atom stereocenters. The van der Waals surface area contributed by atoms with Gasteiger partial charge < -0.3 is 10.5 Å². The van der Waals surface area contributed by atoms with Crippen LogP contribution < -0.4 is 10.5 Å². The van der Waals surface area contributed by atoms with Crippen LogP contribution in [0.5, 0.6) is 5.75 Å². The van der Waals surface area contributed by atoms with Gasteiger partial charge in [-0.15, -0.1) is 5.10 Å². The maximum atomic E-state index is 11.3. The van der Waals surface area contributed by atoms with Gasteiger partial charge in [-0.05, 0) is 36.4 Å². The van der Waals surface area contributed by atoms with Gasteiger partial charge in [0.15, 0.2) is 0 Å². The van der Waals surface area contributed by atoms with Crippen LogP contribution >= 0.6 is 11.6 Å². The molecule has 6 nitrogen and oxygen atoms in total. The largest absolute Gasteiger partial charge is 0.486 e. The molecule has 0 spiro atoms. The van der Waals surface area contributed by atoms with E-state index in [0.29, 0.717) is 22.0 Å². The van der Waals surface area contributed by atoms with Gasteiger partial charge >= 0.3 is 0 Å². The van der Waals surface area contributed by atoms with Crippen LogP contribution in [0, 0.1) is 0 Å². The van der Waals surface area contributed by atoms with Crippen molar-refractivity contribution in [1.82, 2.24) is 15.0 Å². The Morgan fingerprint density at radius 2 is 1.91 bits per heavy atom. The summed E-state index contributed by atoms with van der Waals surface area (Å²) in [5, 5.41) is 8.73. The molecule has 1 amide bonds. The Balaban J connectivity index is 1.73. The molecule has 0 aliphatic heterocycles. The average molecular weight is 329 g/mol. The highest BCUT2D eigenvalue weighted by Crippen LogP contribution is 2.18. The van der Waals surface area contributed by atoms with Crippen molar-refractivity contribution >= 4 is 17.5 Å². The lowest BCUT2D eigenvalue weighted by atomic mass is 10.2. The first-order valence-corrected chi connectivity index (χ1v) is 7.20. The van der Waals surface area contributed by atoms with Gasteiger partial charge in [-0.3, -0.25) is 4.79 Å². The SMILES string of the molecule is NC(=O)c1ccccc1OCc1cn(-c2ccc(Cl)cc2)nn1. The molecule has 116 valence electrons. The summed E-state index contributed by atoms with van der Waals surface area (Å²) in [6.45, 7) is 0.178. The third-order valence-electron chi connectivity index (χ3n) is 3.16. The number of halogens is 1. The average Bonchev–Trinajstić information content (AvgIpc) is 3.03. The van der Waals surface area contributed by atoms with E-state index < -0.39 is 5.91 Å². The number of amides is 1. The van der Waals surface area contributed by atoms with Crippen LogP contribution in [-0.4, -0.2) is 20.9 Å². The zero-order valence-corrected chi connectivity index (χ0v) is 12.8. The third kappa shape index (κ3) is 3.49. The van der Waals surface area contributed by atoms with E-state index in [1.54, 1.807) is 47.3 Å². The number of para-hydroxylation sites is 1. The summed E-state index contributed by atoms with van der Waals surface area (Å²) in [7, 11) is 0. The smallest absolute Gasteiger partial charge is 0.252 e. The van der Waals surface area contributed by atoms with Gasteiger partial charge in [0.05, 0.1) is 17.4 Å². The van der Waals surface area contributed by atoms with E-state index in [-0.39, 0.29) is 6.61 Å². The number of primary amides is 1. The first kappa shape index (κ1) is 15.1. The van der Waals surface area contributed by atoms with E-state index in [2.05, 4.69) is 10.3 Å². The van der Waals surface area contributed by atoms with Gasteiger partial charge in [0, 0.05) is 5.02 Å². The van der Waals surface area contributed by atoms with Crippen molar-refractivity contribution in [3.8, 4) is 11.4 Å². The molecule has 7 heteroatoms. The van der Waals surface area contributed by atoms with Crippen LogP contribution in [0.15, 0.2) is 54.7 Å². The summed E-state index contributed by atoms with van der Waals surface area (Å²) in [6.07, 6.45) is 1.75. The summed E-state index contributed by atoms with van der Waals surface area (Å²) < 4.78 is 7.24. The molecule has 1 aromatic heterocycles. The highest BCUT2D eigenvalue weighted by Gasteiger charge is 2.10. The topological polar surface area (TPSA) is 83.0 Å². The minimum Gasteiger partial charge on any atom is -0.486 e. The van der Waals surface area contributed by atoms with E-state index in [1.807, 2.05) is 12.1 Å². The van der Waals surface area contributed by atoms with Crippen LogP contribution in [0.2, 0.25) is 5.02 Å². The first-order valence-electron chi connectivity index (χ1n) is 6.82. The Bertz CT molecular complexity index is 830. The van der Waals surface area contributed by atoms with Crippen molar-refractivity contribution in [3.05, 3.63) is 71.0 Å². The molecule has 0 unspecified atom stereocenters. The van der Waals surface area contributed by atoms with E-state index >= 15 is 0 Å². The van der Waals surface area contributed by atoms with Crippen LogP contribution in [0.3, 0.4) is 0 Å². The molecule has 0 aliphatic rings. The molecule has 2 aromatic carbocycles. The molecule has 3 aromatic rings. The standard InChI is InChI=1S/C16H13ClN4O2/c17-11-5-7-13(8-6-11)21-9-12(19-20-21)10-23-15-4-2-1-3-14(15)16(18)22/h1-9H,10H2,(H2,18,22). The molecule has 0 saturated carbocycles. The molecule has 0 radical (unpaired) electrons. The number of hydrogen-bond acceptors (Lipinski definition) is 4. The van der Waals surface area contributed by atoms with Crippen LogP contribution in [0.1, 0.15) is 16.1 Å². The van der Waals surface area contributed by atoms with Crippen LogP contribution in [0.25, 0.3) is 5.69 Å². The first-order chi connectivity index (χ1) is 11.1. The van der Waals surface area contributed by atoms with E-state index in [0.717, 1.165) is 5.69 Å². The molecule has 0 aliphatic carbocycles. The van der Waals surface area contributed by atoms with Gasteiger partial charge in [-0.2, -0.15) is 0 Å². The van der Waals surface area contributed by atoms with Gasteiger partial charge in [-0.1, -0.05) is 28.9 Å². The van der Waals surface area contributed by atoms with Gasteiger partial charge in [0.25, 0.3) is 5.91 Å². The van der Waals surface area contributed by atoms with Crippen LogP contribution in [0.4, 0.5) is 0 Å². The van der Waals surface area contributed by atoms with Crippen molar-refractivity contribution in [2.45, 2.75) is 6.61 Å². The second kappa shape index (κ2) is 6.50. The molecule has 23 heavy (non-hydrogen) atoms. The van der Waals surface area contributed by atoms with Gasteiger partial charge in [-0.25, -0.2) is 4.68 Å². The molecule has 0 fully saturated rings. The molecule has 0 saturated heterocycles. The molecular weight excluding hydrogens is 316 g/mol. The highest BCUT2D eigenvalue weighted by atomic mass is 35.5. The number of rotatable bonds is 5. The highest BCUT2D eigenvalue weighted by molar-refractivity contribution is 6.30. The zero-order valence-electron chi connectivity index (χ0n) is 12.0. The number of carbonyl (C=O) groups is 1. The number of benzene rings is 2. The number of carbonyl (C=O) groups excluding carboxylic acids is 1. The fourth-order valence-electron chi connectivity index (χ4n) is 2.03. The second-order valence-electron chi connectivity index (χ2n) is 4.78. The lowest BCUT2D eigenvalue weighted by Gasteiger charge is -2.07. The Morgan fingerprint density at radius 3 is 2.65 bits per heavy atom. The normalized spacial score (nSPS) is 10.5. The molecule has 3 rings (SSSR count). The predicted octanol–water partition coefficient (Wildman–Crippen LogP) is 2.60. The Kier molecular flexibility index (Phi) is 4.25. The summed E-state index contributed by atoms with van der Waals surface area (Å²) in [5.41, 5.74) is 7.11. The molecule has 1 heterocycles. The third-order valence-corrected chi connectivity index (χ3v) is 3.41. The van der Waals surface area contributed by atoms with Crippen LogP contribution in [-0.2, 0) is 6.61 Å². The summed E-state index contributed by atoms with van der Waals surface area (Å²) in [5.74, 6) is -0.119. The van der Waals surface area contributed by atoms with Crippen molar-refractivity contribution in [3.63, 3.8) is 0 Å². The van der Waals surface area contributed by atoms with E-state index in [9.17, 15) is 4.79 Å². The monoisotopic (exact) mass is 328 g/mol. The van der Waals surface area contributed by atoms with Crippen molar-refractivity contribution in [1.29, 1.82) is 0 Å². The molecule has 0 bridgehead atoms. The maximum absolute atomic E-state index is 11.3. The Labute approximate surface area is 137 Å². The lowest BCUT2D eigenvalue weighted by molar-refractivity contribution is 0.0996. The minimum atomic E-state index is -0.537. The Hall–Kier alpha value is -2.86. The van der Waals surface area contributed by atoms with Gasteiger partial charge in [0.2, 0.25) is 0 Å². The zero-order chi connectivity index (χ0) is 16.2. The lowest BCUT2D eigenvalue weighted by Crippen LogP contribution is -2.12. The van der Waals surface area contributed by atoms with E-state index in [4.69, 9.17) is 22.1 Å². The summed E-state index contributed by atoms with van der Waals surface area (Å²) in [4.78, 5) is 11.3. The number of aromatic nitrogens is 3. The summed E-state index contributed by atoms with van der Waals surface area (Å²) in [6, 6.07) is 14.0. The Morgan fingerprint density at radius 1 is 1.17 bits per heavy atom. The molecular formula is C16H13ClN4O2. The quantitative estimate of drug-likeness (QED) is 0.780. The maximum Gasteiger partial charge on any atom is 0.252 e. The van der Waals surface area contributed by atoms with Gasteiger partial charge in [0.1, 0.15) is 18.1 Å². The van der Waals surface area contributed by atoms with Crippen molar-refractivity contribution in [2.75, 3.05) is 0 Å². The number of ether oxygens (including phenoxy) is 1. The second-order valence-corrected chi connectivity index (χ2v) is 5.22. The van der Waals surface area contributed by atoms with Crippen molar-refractivity contribution < 1.29 is 9.53 Å². The summed E-state index contributed by atoms with van der Waals surface area (Å²) >= 11 is 5.86. The van der Waals surface area contributed by atoms with Crippen molar-refractivity contribution in [2.24, 2.45) is 5.73 Å². The predicted molar refractivity (Wildman–Crippen MR) is 85.7 cm³/mol. The number of nitrogens with two attached hydrogens (primary N) is 1. The fourth-order valence-corrected chi connectivity index (χ4v) is 2.16.